The predicted octanol–water partition coefficient (Wildman–Crippen LogP) is -2.43. The van der Waals surface area contributed by atoms with Crippen molar-refractivity contribution in [1.29, 1.82) is 0 Å². The van der Waals surface area contributed by atoms with Gasteiger partial charge in [0.15, 0.2) is 0 Å². The van der Waals surface area contributed by atoms with E-state index < -0.39 is 29.8 Å². The van der Waals surface area contributed by atoms with E-state index in [1.54, 1.807) is 6.92 Å². The second kappa shape index (κ2) is 5.97. The molecule has 0 aliphatic carbocycles. The van der Waals surface area contributed by atoms with Gasteiger partial charge in [-0.1, -0.05) is 6.92 Å². The monoisotopic (exact) mass is 216 g/mol. The molecule has 0 heterocycles. The highest BCUT2D eigenvalue weighted by Gasteiger charge is 2.21. The molecule has 0 saturated heterocycles. The molecule has 0 spiro atoms. The molecule has 0 fully saturated rings. The van der Waals surface area contributed by atoms with Crippen molar-refractivity contribution in [2.75, 3.05) is 0 Å². The number of rotatable bonds is 6. The molecule has 7 nitrogen and oxygen atoms in total. The van der Waals surface area contributed by atoms with Gasteiger partial charge in [-0.05, 0) is 6.42 Å². The minimum Gasteiger partial charge on any atom is -0.370 e. The van der Waals surface area contributed by atoms with E-state index in [0.717, 1.165) is 0 Å². The first-order valence-electron chi connectivity index (χ1n) is 4.52. The summed E-state index contributed by atoms with van der Waals surface area (Å²) in [5, 5.41) is 2.33. The number of nitrogens with two attached hydrogens (primary N) is 3. The normalized spacial score (nSPS) is 14.0. The molecule has 0 bridgehead atoms. The van der Waals surface area contributed by atoms with Crippen LogP contribution in [0.3, 0.4) is 0 Å². The van der Waals surface area contributed by atoms with Crippen molar-refractivity contribution in [3.63, 3.8) is 0 Å². The second-order valence-electron chi connectivity index (χ2n) is 3.15. The molecule has 7 heteroatoms. The fraction of sp³-hybridized carbons (Fsp3) is 0.625. The van der Waals surface area contributed by atoms with Crippen LogP contribution in [-0.4, -0.2) is 29.8 Å². The minimum absolute atomic E-state index is 0.263. The van der Waals surface area contributed by atoms with Gasteiger partial charge in [0, 0.05) is 0 Å². The summed E-state index contributed by atoms with van der Waals surface area (Å²) < 4.78 is 0. The van der Waals surface area contributed by atoms with Crippen LogP contribution in [0.25, 0.3) is 0 Å². The van der Waals surface area contributed by atoms with E-state index >= 15 is 0 Å². The zero-order valence-corrected chi connectivity index (χ0v) is 8.53. The van der Waals surface area contributed by atoms with Crippen LogP contribution in [0.4, 0.5) is 0 Å². The second-order valence-corrected chi connectivity index (χ2v) is 3.15. The van der Waals surface area contributed by atoms with Gasteiger partial charge in [-0.2, -0.15) is 0 Å². The Hall–Kier alpha value is -1.63. The summed E-state index contributed by atoms with van der Waals surface area (Å²) in [6, 6.07) is -1.81. The lowest BCUT2D eigenvalue weighted by atomic mass is 10.1. The third-order valence-corrected chi connectivity index (χ3v) is 1.83. The lowest BCUT2D eigenvalue weighted by Gasteiger charge is -2.16. The Morgan fingerprint density at radius 1 is 1.27 bits per heavy atom. The Morgan fingerprint density at radius 2 is 1.80 bits per heavy atom. The van der Waals surface area contributed by atoms with Crippen LogP contribution in [0.5, 0.6) is 0 Å². The van der Waals surface area contributed by atoms with Crippen molar-refractivity contribution in [2.45, 2.75) is 31.8 Å². The summed E-state index contributed by atoms with van der Waals surface area (Å²) in [5.41, 5.74) is 15.2. The molecule has 0 saturated carbocycles. The molecule has 0 aliphatic rings. The smallest absolute Gasteiger partial charge is 0.239 e. The number of carbonyl (C=O) groups excluding carboxylic acids is 3. The quantitative estimate of drug-likeness (QED) is 0.391. The minimum atomic E-state index is -1.05. The maximum atomic E-state index is 11.3. The number of hydrogen-bond acceptors (Lipinski definition) is 4. The van der Waals surface area contributed by atoms with Crippen LogP contribution >= 0.6 is 0 Å². The molecule has 86 valence electrons. The van der Waals surface area contributed by atoms with Gasteiger partial charge in [0.25, 0.3) is 0 Å². The molecular weight excluding hydrogens is 200 g/mol. The third kappa shape index (κ3) is 4.96. The molecule has 0 aromatic carbocycles. The first kappa shape index (κ1) is 13.4. The molecule has 7 N–H and O–H groups in total. The summed E-state index contributed by atoms with van der Waals surface area (Å²) in [6.07, 6.45) is 0.103. The molecule has 0 radical (unpaired) electrons. The molecule has 0 unspecified atom stereocenters. The van der Waals surface area contributed by atoms with Crippen molar-refractivity contribution >= 4 is 17.7 Å². The Labute approximate surface area is 87.3 Å². The van der Waals surface area contributed by atoms with E-state index in [1.165, 1.54) is 0 Å². The lowest BCUT2D eigenvalue weighted by molar-refractivity contribution is -0.129. The number of hydrogen-bond donors (Lipinski definition) is 4. The lowest BCUT2D eigenvalue weighted by Crippen LogP contribution is -2.51. The average Bonchev–Trinajstić information content (AvgIpc) is 2.11. The number of primary amides is 2. The molecule has 0 rings (SSSR count). The van der Waals surface area contributed by atoms with Gasteiger partial charge in [-0.3, -0.25) is 14.4 Å². The standard InChI is InChI=1S/C8H16N4O3/c1-2-5(7(11)14)12-8(15)4(9)3-6(10)13/h4-5H,2-3,9H2,1H3,(H2,10,13)(H2,11,14)(H,12,15)/t4-,5-/m0/s1. The van der Waals surface area contributed by atoms with Crippen molar-refractivity contribution in [2.24, 2.45) is 17.2 Å². The van der Waals surface area contributed by atoms with E-state index in [1.807, 2.05) is 0 Å². The first-order valence-corrected chi connectivity index (χ1v) is 4.52. The van der Waals surface area contributed by atoms with E-state index in [0.29, 0.717) is 6.42 Å². The zero-order valence-electron chi connectivity index (χ0n) is 8.53. The van der Waals surface area contributed by atoms with Gasteiger partial charge in [-0.15, -0.1) is 0 Å². The first-order chi connectivity index (χ1) is 6.88. The van der Waals surface area contributed by atoms with Gasteiger partial charge in [0.05, 0.1) is 12.5 Å². The van der Waals surface area contributed by atoms with Gasteiger partial charge < -0.3 is 22.5 Å². The Bertz CT molecular complexity index is 267. The number of carbonyl (C=O) groups is 3. The SMILES string of the molecule is CC[C@H](NC(=O)[C@@H](N)CC(N)=O)C(N)=O. The van der Waals surface area contributed by atoms with Crippen molar-refractivity contribution in [3.05, 3.63) is 0 Å². The highest BCUT2D eigenvalue weighted by Crippen LogP contribution is 1.93. The number of amides is 3. The maximum absolute atomic E-state index is 11.3. The highest BCUT2D eigenvalue weighted by atomic mass is 16.2. The largest absolute Gasteiger partial charge is 0.370 e. The summed E-state index contributed by atoms with van der Waals surface area (Å²) in [7, 11) is 0. The number of nitrogens with one attached hydrogen (secondary N) is 1. The van der Waals surface area contributed by atoms with Crippen LogP contribution in [0.2, 0.25) is 0 Å². The van der Waals surface area contributed by atoms with E-state index in [4.69, 9.17) is 17.2 Å². The fourth-order valence-electron chi connectivity index (χ4n) is 0.963. The molecule has 15 heavy (non-hydrogen) atoms. The van der Waals surface area contributed by atoms with Crippen molar-refractivity contribution < 1.29 is 14.4 Å². The molecule has 3 amide bonds. The van der Waals surface area contributed by atoms with Crippen molar-refractivity contribution in [3.8, 4) is 0 Å². The highest BCUT2D eigenvalue weighted by molar-refractivity contribution is 5.91. The van der Waals surface area contributed by atoms with E-state index in [2.05, 4.69) is 5.32 Å². The molecule has 0 aromatic heterocycles. The molecule has 2 atom stereocenters. The fourth-order valence-corrected chi connectivity index (χ4v) is 0.963. The predicted molar refractivity (Wildman–Crippen MR) is 53.2 cm³/mol. The average molecular weight is 216 g/mol. The van der Waals surface area contributed by atoms with Gasteiger partial charge in [0.2, 0.25) is 17.7 Å². The van der Waals surface area contributed by atoms with E-state index in [-0.39, 0.29) is 6.42 Å². The Morgan fingerprint density at radius 3 is 2.13 bits per heavy atom. The van der Waals surface area contributed by atoms with Crippen molar-refractivity contribution in [1.82, 2.24) is 5.32 Å². The summed E-state index contributed by atoms with van der Waals surface area (Å²) >= 11 is 0. The van der Waals surface area contributed by atoms with Gasteiger partial charge in [-0.25, -0.2) is 0 Å². The van der Waals surface area contributed by atoms with Crippen LogP contribution in [0.15, 0.2) is 0 Å². The topological polar surface area (TPSA) is 141 Å². The summed E-state index contributed by atoms with van der Waals surface area (Å²) in [6.45, 7) is 1.69. The van der Waals surface area contributed by atoms with Crippen LogP contribution in [-0.2, 0) is 14.4 Å². The Balaban J connectivity index is 4.21. The van der Waals surface area contributed by atoms with Gasteiger partial charge in [0.1, 0.15) is 6.04 Å². The molecule has 0 aliphatic heterocycles. The third-order valence-electron chi connectivity index (χ3n) is 1.83. The maximum Gasteiger partial charge on any atom is 0.239 e. The molecular formula is C8H16N4O3. The summed E-state index contributed by atoms with van der Waals surface area (Å²) in [5.74, 6) is -1.93. The Kier molecular flexibility index (Phi) is 5.32. The summed E-state index contributed by atoms with van der Waals surface area (Å²) in [4.78, 5) is 32.6. The van der Waals surface area contributed by atoms with E-state index in [9.17, 15) is 14.4 Å². The van der Waals surface area contributed by atoms with Gasteiger partial charge >= 0.3 is 0 Å². The van der Waals surface area contributed by atoms with Crippen LogP contribution in [0.1, 0.15) is 19.8 Å². The van der Waals surface area contributed by atoms with Crippen LogP contribution in [0, 0.1) is 0 Å². The molecule has 0 aromatic rings. The van der Waals surface area contributed by atoms with Crippen LogP contribution < -0.4 is 22.5 Å². The zero-order chi connectivity index (χ0) is 12.0.